The molecule has 3 rings (SSSR count). The zero-order valence-corrected chi connectivity index (χ0v) is 11.2. The topological polar surface area (TPSA) is 12.0 Å². The van der Waals surface area contributed by atoms with Gasteiger partial charge in [0.15, 0.2) is 0 Å². The van der Waals surface area contributed by atoms with Crippen LogP contribution >= 0.6 is 11.6 Å². The summed E-state index contributed by atoms with van der Waals surface area (Å²) in [5.41, 5.74) is 2.51. The lowest BCUT2D eigenvalue weighted by Gasteiger charge is -2.49. The maximum absolute atomic E-state index is 6.13. The predicted octanol–water partition coefficient (Wildman–Crippen LogP) is 3.76. The summed E-state index contributed by atoms with van der Waals surface area (Å²) in [5, 5.41) is 4.40. The molecule has 0 atom stereocenters. The first-order valence-corrected chi connectivity index (χ1v) is 7.03. The molecule has 1 aromatic rings. The van der Waals surface area contributed by atoms with E-state index in [1.807, 2.05) is 6.07 Å². The molecule has 1 aromatic carbocycles. The number of nitrogens with one attached hydrogen (secondary N) is 1. The average Bonchev–Trinajstić information content (AvgIpc) is 3.04. The van der Waals surface area contributed by atoms with Gasteiger partial charge >= 0.3 is 0 Å². The van der Waals surface area contributed by atoms with Gasteiger partial charge in [-0.05, 0) is 55.3 Å². The van der Waals surface area contributed by atoms with Crippen LogP contribution in [0, 0.1) is 5.41 Å². The molecule has 0 unspecified atom stereocenters. The highest BCUT2D eigenvalue weighted by molar-refractivity contribution is 6.30. The van der Waals surface area contributed by atoms with E-state index in [4.69, 9.17) is 11.6 Å². The zero-order valence-electron chi connectivity index (χ0n) is 10.4. The second-order valence-electron chi connectivity index (χ2n) is 5.92. The molecule has 2 heteroatoms. The number of rotatable bonds is 4. The second-order valence-corrected chi connectivity index (χ2v) is 6.36. The second kappa shape index (κ2) is 4.00. The van der Waals surface area contributed by atoms with E-state index in [9.17, 15) is 0 Å². The Labute approximate surface area is 109 Å². The van der Waals surface area contributed by atoms with E-state index in [-0.39, 0.29) is 0 Å². The molecule has 0 aromatic heterocycles. The van der Waals surface area contributed by atoms with Gasteiger partial charge in [0.1, 0.15) is 0 Å². The van der Waals surface area contributed by atoms with Gasteiger partial charge in [-0.25, -0.2) is 0 Å². The van der Waals surface area contributed by atoms with E-state index in [0.29, 0.717) is 5.41 Å². The molecular formula is C15H20ClN. The molecule has 1 spiro atoms. The quantitative estimate of drug-likeness (QED) is 0.857. The molecule has 0 radical (unpaired) electrons. The molecule has 2 fully saturated rings. The van der Waals surface area contributed by atoms with Gasteiger partial charge in [-0.15, -0.1) is 0 Å². The Kier molecular flexibility index (Phi) is 2.72. The number of hydrogen-bond donors (Lipinski definition) is 1. The monoisotopic (exact) mass is 249 g/mol. The average molecular weight is 250 g/mol. The molecule has 2 aliphatic carbocycles. The van der Waals surface area contributed by atoms with Gasteiger partial charge in [0.2, 0.25) is 0 Å². The number of benzene rings is 1. The standard InChI is InChI=1S/C15H20ClN/c1-2-17-11-15(9-14(10-15)6-7-14)12-4-3-5-13(16)8-12/h3-5,8,17H,2,6-7,9-11H2,1H3. The van der Waals surface area contributed by atoms with Crippen LogP contribution in [-0.2, 0) is 5.41 Å². The summed E-state index contributed by atoms with van der Waals surface area (Å²) >= 11 is 6.13. The van der Waals surface area contributed by atoms with Crippen molar-refractivity contribution in [1.82, 2.24) is 5.32 Å². The molecule has 0 saturated heterocycles. The highest BCUT2D eigenvalue weighted by Gasteiger charge is 2.60. The van der Waals surface area contributed by atoms with E-state index in [0.717, 1.165) is 23.5 Å². The third kappa shape index (κ3) is 2.00. The SMILES string of the molecule is CCNCC1(c2cccc(Cl)c2)CC2(CC2)C1. The van der Waals surface area contributed by atoms with Crippen LogP contribution in [0.2, 0.25) is 5.02 Å². The van der Waals surface area contributed by atoms with Crippen molar-refractivity contribution in [2.75, 3.05) is 13.1 Å². The summed E-state index contributed by atoms with van der Waals surface area (Å²) < 4.78 is 0. The van der Waals surface area contributed by atoms with Crippen LogP contribution in [0.4, 0.5) is 0 Å². The van der Waals surface area contributed by atoms with Crippen LogP contribution in [0.1, 0.15) is 38.2 Å². The van der Waals surface area contributed by atoms with E-state index in [1.54, 1.807) is 0 Å². The molecule has 1 N–H and O–H groups in total. The first-order chi connectivity index (χ1) is 8.18. The van der Waals surface area contributed by atoms with Gasteiger partial charge in [0, 0.05) is 17.0 Å². The maximum atomic E-state index is 6.13. The Hall–Kier alpha value is -0.530. The summed E-state index contributed by atoms with van der Waals surface area (Å²) in [6.45, 7) is 4.33. The Morgan fingerprint density at radius 2 is 2.06 bits per heavy atom. The van der Waals surface area contributed by atoms with E-state index in [2.05, 4.69) is 30.4 Å². The summed E-state index contributed by atoms with van der Waals surface area (Å²) in [6.07, 6.45) is 5.60. The van der Waals surface area contributed by atoms with E-state index >= 15 is 0 Å². The lowest BCUT2D eigenvalue weighted by Crippen LogP contribution is -2.49. The molecule has 0 amide bonds. The molecule has 0 aliphatic heterocycles. The smallest absolute Gasteiger partial charge is 0.0408 e. The number of hydrogen-bond acceptors (Lipinski definition) is 1. The van der Waals surface area contributed by atoms with Crippen LogP contribution in [0.3, 0.4) is 0 Å². The van der Waals surface area contributed by atoms with Gasteiger partial charge in [0.05, 0.1) is 0 Å². The maximum Gasteiger partial charge on any atom is 0.0408 e. The molecule has 0 bridgehead atoms. The predicted molar refractivity (Wildman–Crippen MR) is 72.6 cm³/mol. The summed E-state index contributed by atoms with van der Waals surface area (Å²) in [5.74, 6) is 0. The fourth-order valence-corrected chi connectivity index (χ4v) is 3.72. The van der Waals surface area contributed by atoms with Crippen LogP contribution in [0.25, 0.3) is 0 Å². The molecule has 2 saturated carbocycles. The van der Waals surface area contributed by atoms with Crippen molar-refractivity contribution in [2.45, 2.75) is 38.0 Å². The van der Waals surface area contributed by atoms with Crippen molar-refractivity contribution in [3.63, 3.8) is 0 Å². The van der Waals surface area contributed by atoms with Gasteiger partial charge in [-0.2, -0.15) is 0 Å². The molecule has 0 heterocycles. The Morgan fingerprint density at radius 3 is 2.65 bits per heavy atom. The number of halogens is 1. The lowest BCUT2D eigenvalue weighted by molar-refractivity contribution is 0.117. The van der Waals surface area contributed by atoms with E-state index < -0.39 is 0 Å². The highest BCUT2D eigenvalue weighted by atomic mass is 35.5. The summed E-state index contributed by atoms with van der Waals surface area (Å²) in [6, 6.07) is 8.47. The van der Waals surface area contributed by atoms with Gasteiger partial charge in [-0.1, -0.05) is 30.7 Å². The van der Waals surface area contributed by atoms with Crippen molar-refractivity contribution in [3.8, 4) is 0 Å². The minimum atomic E-state index is 0.359. The summed E-state index contributed by atoms with van der Waals surface area (Å²) in [7, 11) is 0. The van der Waals surface area contributed by atoms with Gasteiger partial charge in [0.25, 0.3) is 0 Å². The van der Waals surface area contributed by atoms with Crippen molar-refractivity contribution in [1.29, 1.82) is 0 Å². The minimum absolute atomic E-state index is 0.359. The lowest BCUT2D eigenvalue weighted by atomic mass is 9.56. The first-order valence-electron chi connectivity index (χ1n) is 6.65. The Balaban J connectivity index is 1.83. The van der Waals surface area contributed by atoms with Crippen LogP contribution in [0.5, 0.6) is 0 Å². The minimum Gasteiger partial charge on any atom is -0.316 e. The fraction of sp³-hybridized carbons (Fsp3) is 0.600. The van der Waals surface area contributed by atoms with Crippen LogP contribution < -0.4 is 5.32 Å². The van der Waals surface area contributed by atoms with Gasteiger partial charge < -0.3 is 5.32 Å². The Morgan fingerprint density at radius 1 is 1.29 bits per heavy atom. The van der Waals surface area contributed by atoms with Crippen molar-refractivity contribution in [3.05, 3.63) is 34.9 Å². The molecule has 1 nitrogen and oxygen atoms in total. The Bertz CT molecular complexity index is 415. The van der Waals surface area contributed by atoms with Gasteiger partial charge in [-0.3, -0.25) is 0 Å². The molecular weight excluding hydrogens is 230 g/mol. The third-order valence-corrected chi connectivity index (χ3v) is 4.77. The fourth-order valence-electron chi connectivity index (χ4n) is 3.53. The molecule has 17 heavy (non-hydrogen) atoms. The zero-order chi connectivity index (χ0) is 11.9. The highest BCUT2D eigenvalue weighted by Crippen LogP contribution is 2.68. The third-order valence-electron chi connectivity index (χ3n) is 4.53. The van der Waals surface area contributed by atoms with Crippen molar-refractivity contribution >= 4 is 11.6 Å². The number of likely N-dealkylation sites (N-methyl/N-ethyl adjacent to an activating group) is 1. The normalized spacial score (nSPS) is 23.4. The van der Waals surface area contributed by atoms with Crippen molar-refractivity contribution < 1.29 is 0 Å². The molecule has 2 aliphatic rings. The van der Waals surface area contributed by atoms with Crippen LogP contribution in [-0.4, -0.2) is 13.1 Å². The molecule has 92 valence electrons. The first kappa shape index (κ1) is 11.6. The van der Waals surface area contributed by atoms with Crippen LogP contribution in [0.15, 0.2) is 24.3 Å². The largest absolute Gasteiger partial charge is 0.316 e. The van der Waals surface area contributed by atoms with Crippen molar-refractivity contribution in [2.24, 2.45) is 5.41 Å². The van der Waals surface area contributed by atoms with E-state index in [1.165, 1.54) is 31.2 Å². The summed E-state index contributed by atoms with van der Waals surface area (Å²) in [4.78, 5) is 0.